The van der Waals surface area contributed by atoms with Crippen LogP contribution in [-0.2, 0) is 21.0 Å². The summed E-state index contributed by atoms with van der Waals surface area (Å²) in [5.41, 5.74) is 3.16. The first kappa shape index (κ1) is 22.3. The molecular weight excluding hydrogens is 424 g/mol. The molecule has 1 fully saturated rings. The largest absolute Gasteiger partial charge is 0.457 e. The number of nitrogens with one attached hydrogen (secondary N) is 1. The molecule has 0 atom stereocenters. The molecule has 0 saturated carbocycles. The van der Waals surface area contributed by atoms with E-state index in [1.807, 2.05) is 37.4 Å². The predicted octanol–water partition coefficient (Wildman–Crippen LogP) is 5.30. The summed E-state index contributed by atoms with van der Waals surface area (Å²) in [6.45, 7) is 3.59. The first-order valence-electron chi connectivity index (χ1n) is 10.8. The summed E-state index contributed by atoms with van der Waals surface area (Å²) in [7, 11) is -3.24. The van der Waals surface area contributed by atoms with E-state index in [1.54, 1.807) is 24.3 Å². The molecule has 3 aromatic rings. The highest BCUT2D eigenvalue weighted by Crippen LogP contribution is 2.33. The predicted molar refractivity (Wildman–Crippen MR) is 126 cm³/mol. The molecule has 1 aliphatic heterocycles. The molecule has 1 aliphatic rings. The number of anilines is 2. The lowest BCUT2D eigenvalue weighted by Gasteiger charge is -2.23. The molecule has 168 valence electrons. The molecule has 2 aromatic carbocycles. The minimum absolute atomic E-state index is 0.275. The lowest BCUT2D eigenvalue weighted by atomic mass is 9.92. The lowest BCUT2D eigenvalue weighted by Crippen LogP contribution is -2.17. The molecule has 0 aliphatic carbocycles. The SMILES string of the molecule is Cc1ccc(Nc2ccc(Oc3ccc(S(C)(=O)=O)cc3)c(CC3CCOCC3)c2)nc1. The van der Waals surface area contributed by atoms with Gasteiger partial charge in [-0.2, -0.15) is 0 Å². The Morgan fingerprint density at radius 1 is 1.06 bits per heavy atom. The van der Waals surface area contributed by atoms with Crippen molar-refractivity contribution < 1.29 is 17.9 Å². The number of hydrogen-bond acceptors (Lipinski definition) is 6. The molecule has 2 heterocycles. The van der Waals surface area contributed by atoms with Crippen molar-refractivity contribution in [2.24, 2.45) is 5.92 Å². The van der Waals surface area contributed by atoms with Crippen molar-refractivity contribution >= 4 is 21.3 Å². The van der Waals surface area contributed by atoms with Crippen molar-refractivity contribution in [3.8, 4) is 11.5 Å². The summed E-state index contributed by atoms with van der Waals surface area (Å²) in [5, 5.41) is 3.37. The number of rotatable bonds is 7. The minimum Gasteiger partial charge on any atom is -0.457 e. The van der Waals surface area contributed by atoms with Crippen LogP contribution >= 0.6 is 0 Å². The highest BCUT2D eigenvalue weighted by molar-refractivity contribution is 7.90. The highest BCUT2D eigenvalue weighted by Gasteiger charge is 2.18. The van der Waals surface area contributed by atoms with Gasteiger partial charge in [-0.3, -0.25) is 0 Å². The van der Waals surface area contributed by atoms with Crippen LogP contribution in [0, 0.1) is 12.8 Å². The molecule has 7 heteroatoms. The summed E-state index contributed by atoms with van der Waals surface area (Å²) >= 11 is 0. The molecule has 1 aromatic heterocycles. The van der Waals surface area contributed by atoms with E-state index in [0.717, 1.165) is 60.9 Å². The van der Waals surface area contributed by atoms with Crippen LogP contribution in [0.4, 0.5) is 11.5 Å². The maximum absolute atomic E-state index is 11.7. The molecule has 0 radical (unpaired) electrons. The van der Waals surface area contributed by atoms with Crippen LogP contribution in [0.2, 0.25) is 0 Å². The monoisotopic (exact) mass is 452 g/mol. The molecule has 1 saturated heterocycles. The fourth-order valence-corrected chi connectivity index (χ4v) is 4.38. The Morgan fingerprint density at radius 2 is 1.81 bits per heavy atom. The average molecular weight is 453 g/mol. The van der Waals surface area contributed by atoms with Gasteiger partial charge in [0.05, 0.1) is 4.90 Å². The molecule has 32 heavy (non-hydrogen) atoms. The Hall–Kier alpha value is -2.90. The summed E-state index contributed by atoms with van der Waals surface area (Å²) < 4.78 is 35.1. The molecule has 0 bridgehead atoms. The Balaban J connectivity index is 1.58. The zero-order chi connectivity index (χ0) is 22.6. The number of benzene rings is 2. The number of hydrogen-bond donors (Lipinski definition) is 1. The van der Waals surface area contributed by atoms with Gasteiger partial charge in [-0.15, -0.1) is 0 Å². The Labute approximate surface area is 189 Å². The number of ether oxygens (including phenoxy) is 2. The van der Waals surface area contributed by atoms with Gasteiger partial charge in [-0.05, 0) is 91.8 Å². The Kier molecular flexibility index (Phi) is 6.77. The van der Waals surface area contributed by atoms with Gasteiger partial charge in [0.15, 0.2) is 9.84 Å². The zero-order valence-corrected chi connectivity index (χ0v) is 19.2. The third-order valence-corrected chi connectivity index (χ3v) is 6.70. The van der Waals surface area contributed by atoms with E-state index in [4.69, 9.17) is 9.47 Å². The summed E-state index contributed by atoms with van der Waals surface area (Å²) in [6, 6.07) is 16.5. The smallest absolute Gasteiger partial charge is 0.175 e. The Bertz CT molecular complexity index is 1150. The molecule has 0 amide bonds. The Morgan fingerprint density at radius 3 is 2.47 bits per heavy atom. The van der Waals surface area contributed by atoms with E-state index in [-0.39, 0.29) is 4.90 Å². The van der Waals surface area contributed by atoms with Crippen molar-refractivity contribution in [1.29, 1.82) is 0 Å². The fourth-order valence-electron chi connectivity index (χ4n) is 3.75. The first-order chi connectivity index (χ1) is 15.4. The van der Waals surface area contributed by atoms with Crippen LogP contribution in [0.15, 0.2) is 65.7 Å². The van der Waals surface area contributed by atoms with Crippen molar-refractivity contribution in [2.45, 2.75) is 31.1 Å². The second kappa shape index (κ2) is 9.71. The third-order valence-electron chi connectivity index (χ3n) is 5.57. The van der Waals surface area contributed by atoms with Crippen LogP contribution in [0.5, 0.6) is 11.5 Å². The standard InChI is InChI=1S/C25H28N2O4S/c1-18-3-10-25(26-17-18)27-21-4-9-24(20(16-21)15-19-11-13-30-14-12-19)31-22-5-7-23(8-6-22)32(2,28)29/h3-10,16-17,19H,11-15H2,1-2H3,(H,26,27). The van der Waals surface area contributed by atoms with E-state index >= 15 is 0 Å². The quantitative estimate of drug-likeness (QED) is 0.524. The molecule has 4 rings (SSSR count). The van der Waals surface area contributed by atoms with Gasteiger partial charge < -0.3 is 14.8 Å². The van der Waals surface area contributed by atoms with E-state index in [9.17, 15) is 8.42 Å². The third kappa shape index (κ3) is 5.87. The first-order valence-corrected chi connectivity index (χ1v) is 12.6. The topological polar surface area (TPSA) is 77.5 Å². The van der Waals surface area contributed by atoms with E-state index in [2.05, 4.69) is 16.4 Å². The van der Waals surface area contributed by atoms with Crippen LogP contribution < -0.4 is 10.1 Å². The normalized spacial score (nSPS) is 14.8. The van der Waals surface area contributed by atoms with Gasteiger partial charge in [-0.25, -0.2) is 13.4 Å². The van der Waals surface area contributed by atoms with Crippen LogP contribution in [0.1, 0.15) is 24.0 Å². The summed E-state index contributed by atoms with van der Waals surface area (Å²) in [6.07, 6.45) is 5.97. The average Bonchev–Trinajstić information content (AvgIpc) is 2.78. The second-order valence-corrected chi connectivity index (χ2v) is 10.3. The lowest BCUT2D eigenvalue weighted by molar-refractivity contribution is 0.0664. The van der Waals surface area contributed by atoms with Gasteiger partial charge in [-0.1, -0.05) is 6.07 Å². The summed E-state index contributed by atoms with van der Waals surface area (Å²) in [4.78, 5) is 4.70. The maximum Gasteiger partial charge on any atom is 0.175 e. The second-order valence-electron chi connectivity index (χ2n) is 8.27. The van der Waals surface area contributed by atoms with Crippen molar-refractivity contribution in [1.82, 2.24) is 4.98 Å². The van der Waals surface area contributed by atoms with Gasteiger partial charge in [0.1, 0.15) is 17.3 Å². The van der Waals surface area contributed by atoms with Gasteiger partial charge >= 0.3 is 0 Å². The van der Waals surface area contributed by atoms with Crippen molar-refractivity contribution in [3.63, 3.8) is 0 Å². The zero-order valence-electron chi connectivity index (χ0n) is 18.4. The number of pyridine rings is 1. The van der Waals surface area contributed by atoms with Crippen molar-refractivity contribution in [2.75, 3.05) is 24.8 Å². The van der Waals surface area contributed by atoms with E-state index < -0.39 is 9.84 Å². The molecule has 6 nitrogen and oxygen atoms in total. The van der Waals surface area contributed by atoms with Crippen LogP contribution in [0.3, 0.4) is 0 Å². The van der Waals surface area contributed by atoms with Gasteiger partial charge in [0, 0.05) is 31.4 Å². The van der Waals surface area contributed by atoms with Gasteiger partial charge in [0.25, 0.3) is 0 Å². The maximum atomic E-state index is 11.7. The number of sulfone groups is 1. The van der Waals surface area contributed by atoms with Crippen molar-refractivity contribution in [3.05, 3.63) is 71.9 Å². The molecule has 1 N–H and O–H groups in total. The molecule has 0 spiro atoms. The minimum atomic E-state index is -3.24. The number of aromatic nitrogens is 1. The molecule has 0 unspecified atom stereocenters. The van der Waals surface area contributed by atoms with Crippen LogP contribution in [-0.4, -0.2) is 32.9 Å². The number of nitrogens with zero attached hydrogens (tertiary/aromatic N) is 1. The van der Waals surface area contributed by atoms with E-state index in [0.29, 0.717) is 11.7 Å². The van der Waals surface area contributed by atoms with Crippen LogP contribution in [0.25, 0.3) is 0 Å². The highest BCUT2D eigenvalue weighted by atomic mass is 32.2. The van der Waals surface area contributed by atoms with Gasteiger partial charge in [0.2, 0.25) is 0 Å². The fraction of sp³-hybridized carbons (Fsp3) is 0.320. The number of aryl methyl sites for hydroxylation is 1. The summed E-state index contributed by atoms with van der Waals surface area (Å²) in [5.74, 6) is 2.70. The molecular formula is C25H28N2O4S. The van der Waals surface area contributed by atoms with E-state index in [1.165, 1.54) is 6.26 Å².